The zero-order valence-corrected chi connectivity index (χ0v) is 11.0. The molecule has 0 bridgehead atoms. The quantitative estimate of drug-likeness (QED) is 0.881. The van der Waals surface area contributed by atoms with Gasteiger partial charge in [0.05, 0.1) is 6.54 Å². The van der Waals surface area contributed by atoms with E-state index in [-0.39, 0.29) is 0 Å². The number of rotatable bonds is 5. The Labute approximate surface area is 106 Å². The summed E-state index contributed by atoms with van der Waals surface area (Å²) in [6.07, 6.45) is 6.02. The minimum absolute atomic E-state index is 0.805. The minimum atomic E-state index is 0.805. The largest absolute Gasteiger partial charge is 0.364 e. The van der Waals surface area contributed by atoms with Gasteiger partial charge in [-0.25, -0.2) is 4.98 Å². The molecule has 0 unspecified atom stereocenters. The lowest BCUT2D eigenvalue weighted by Gasteiger charge is -2.08. The van der Waals surface area contributed by atoms with Crippen molar-refractivity contribution >= 4 is 17.6 Å². The number of pyridine rings is 1. The van der Waals surface area contributed by atoms with Gasteiger partial charge in [-0.05, 0) is 36.1 Å². The molecule has 2 rings (SSSR count). The van der Waals surface area contributed by atoms with Gasteiger partial charge in [0.15, 0.2) is 0 Å². The van der Waals surface area contributed by atoms with Gasteiger partial charge in [-0.3, -0.25) is 0 Å². The van der Waals surface area contributed by atoms with Crippen LogP contribution < -0.4 is 5.32 Å². The van der Waals surface area contributed by atoms with Gasteiger partial charge < -0.3 is 9.88 Å². The van der Waals surface area contributed by atoms with Crippen molar-refractivity contribution in [1.29, 1.82) is 0 Å². The van der Waals surface area contributed by atoms with Crippen molar-refractivity contribution in [1.82, 2.24) is 9.55 Å². The van der Waals surface area contributed by atoms with E-state index in [1.54, 1.807) is 0 Å². The summed E-state index contributed by atoms with van der Waals surface area (Å²) < 4.78 is 2.11. The molecular weight excluding hydrogens is 230 g/mol. The molecule has 90 valence electrons. The van der Waals surface area contributed by atoms with Crippen LogP contribution in [-0.4, -0.2) is 15.8 Å². The Bertz CT molecular complexity index is 479. The Morgan fingerprint density at radius 1 is 1.41 bits per heavy atom. The Hall–Kier alpha value is -1.42. The van der Waals surface area contributed by atoms with Crippen LogP contribution in [0.25, 0.3) is 0 Å². The Balaban J connectivity index is 1.99. The minimum Gasteiger partial charge on any atom is -0.364 e. The lowest BCUT2D eigenvalue weighted by molar-refractivity contribution is 0.840. The summed E-state index contributed by atoms with van der Waals surface area (Å²) in [7, 11) is 2.05. The first-order valence-electron chi connectivity index (χ1n) is 5.57. The van der Waals surface area contributed by atoms with E-state index in [0.29, 0.717) is 0 Å². The fourth-order valence-corrected chi connectivity index (χ4v) is 2.20. The summed E-state index contributed by atoms with van der Waals surface area (Å²) in [5.41, 5.74) is 2.56. The maximum Gasteiger partial charge on any atom is 0.126 e. The molecule has 2 aromatic heterocycles. The van der Waals surface area contributed by atoms with Crippen molar-refractivity contribution in [2.24, 2.45) is 7.05 Å². The molecule has 2 heterocycles. The van der Waals surface area contributed by atoms with Crippen molar-refractivity contribution in [3.05, 3.63) is 47.9 Å². The highest BCUT2D eigenvalue weighted by molar-refractivity contribution is 7.97. The average molecular weight is 247 g/mol. The highest BCUT2D eigenvalue weighted by Crippen LogP contribution is 2.13. The molecule has 0 atom stereocenters. The number of aryl methyl sites for hydroxylation is 1. The third kappa shape index (κ3) is 3.27. The summed E-state index contributed by atoms with van der Waals surface area (Å²) in [4.78, 5) is 4.32. The number of hydrogen-bond acceptors (Lipinski definition) is 3. The van der Waals surface area contributed by atoms with Crippen LogP contribution in [0.3, 0.4) is 0 Å². The second-order valence-electron chi connectivity index (χ2n) is 3.95. The van der Waals surface area contributed by atoms with Crippen molar-refractivity contribution in [2.75, 3.05) is 11.6 Å². The van der Waals surface area contributed by atoms with E-state index >= 15 is 0 Å². The van der Waals surface area contributed by atoms with Gasteiger partial charge in [-0.15, -0.1) is 0 Å². The van der Waals surface area contributed by atoms with Gasteiger partial charge in [0.25, 0.3) is 0 Å². The standard InChI is InChI=1S/C13H17N3S/c1-16-7-3-4-12(16)9-15-13-8-11(10-17-2)5-6-14-13/h3-8H,9-10H2,1-2H3,(H,14,15). The van der Waals surface area contributed by atoms with Crippen molar-refractivity contribution in [3.8, 4) is 0 Å². The first-order valence-corrected chi connectivity index (χ1v) is 6.97. The molecule has 0 saturated carbocycles. The van der Waals surface area contributed by atoms with E-state index in [1.807, 2.05) is 18.0 Å². The molecule has 0 aromatic carbocycles. The van der Waals surface area contributed by atoms with Gasteiger partial charge in [-0.2, -0.15) is 11.8 Å². The van der Waals surface area contributed by atoms with Gasteiger partial charge in [0, 0.05) is 30.9 Å². The van der Waals surface area contributed by atoms with E-state index in [4.69, 9.17) is 0 Å². The maximum atomic E-state index is 4.32. The van der Waals surface area contributed by atoms with E-state index in [1.165, 1.54) is 11.3 Å². The van der Waals surface area contributed by atoms with E-state index in [9.17, 15) is 0 Å². The summed E-state index contributed by atoms with van der Waals surface area (Å²) in [6, 6.07) is 8.33. The van der Waals surface area contributed by atoms with Crippen molar-refractivity contribution < 1.29 is 0 Å². The van der Waals surface area contributed by atoms with Gasteiger partial charge in [0.1, 0.15) is 5.82 Å². The van der Waals surface area contributed by atoms with Crippen molar-refractivity contribution in [2.45, 2.75) is 12.3 Å². The Morgan fingerprint density at radius 2 is 2.29 bits per heavy atom. The van der Waals surface area contributed by atoms with Gasteiger partial charge >= 0.3 is 0 Å². The summed E-state index contributed by atoms with van der Waals surface area (Å²) in [5, 5.41) is 3.35. The second-order valence-corrected chi connectivity index (χ2v) is 4.81. The van der Waals surface area contributed by atoms with Gasteiger partial charge in [-0.1, -0.05) is 0 Å². The number of hydrogen-bond donors (Lipinski definition) is 1. The van der Waals surface area contributed by atoms with Crippen LogP contribution >= 0.6 is 11.8 Å². The van der Waals surface area contributed by atoms with Crippen LogP contribution in [0, 0.1) is 0 Å². The molecule has 0 aliphatic carbocycles. The number of thioether (sulfide) groups is 1. The summed E-state index contributed by atoms with van der Waals surface area (Å²) >= 11 is 1.82. The summed E-state index contributed by atoms with van der Waals surface area (Å²) in [5.74, 6) is 1.97. The molecular formula is C13H17N3S. The van der Waals surface area contributed by atoms with Crippen LogP contribution in [0.5, 0.6) is 0 Å². The lowest BCUT2D eigenvalue weighted by atomic mass is 10.3. The SMILES string of the molecule is CSCc1ccnc(NCc2cccn2C)c1. The number of anilines is 1. The van der Waals surface area contributed by atoms with E-state index in [0.717, 1.165) is 18.1 Å². The van der Waals surface area contributed by atoms with Crippen molar-refractivity contribution in [3.63, 3.8) is 0 Å². The lowest BCUT2D eigenvalue weighted by Crippen LogP contribution is -2.05. The normalized spacial score (nSPS) is 10.5. The maximum absolute atomic E-state index is 4.32. The topological polar surface area (TPSA) is 29.9 Å². The monoisotopic (exact) mass is 247 g/mol. The molecule has 3 nitrogen and oxygen atoms in total. The predicted octanol–water partition coefficient (Wildman–Crippen LogP) is 2.90. The fraction of sp³-hybridized carbons (Fsp3) is 0.308. The molecule has 0 fully saturated rings. The molecule has 0 spiro atoms. The average Bonchev–Trinajstić information content (AvgIpc) is 2.73. The predicted molar refractivity (Wildman–Crippen MR) is 74.2 cm³/mol. The molecule has 0 aliphatic heterocycles. The molecule has 0 saturated heterocycles. The molecule has 4 heteroatoms. The Morgan fingerprint density at radius 3 is 3.00 bits per heavy atom. The summed E-state index contributed by atoms with van der Waals surface area (Å²) in [6.45, 7) is 0.805. The smallest absolute Gasteiger partial charge is 0.126 e. The van der Waals surface area contributed by atoms with Crippen LogP contribution in [0.2, 0.25) is 0 Å². The van der Waals surface area contributed by atoms with E-state index in [2.05, 4.69) is 58.6 Å². The van der Waals surface area contributed by atoms with Crippen LogP contribution in [0.1, 0.15) is 11.3 Å². The highest BCUT2D eigenvalue weighted by Gasteiger charge is 1.99. The molecule has 17 heavy (non-hydrogen) atoms. The molecule has 0 amide bonds. The fourth-order valence-electron chi connectivity index (χ4n) is 1.69. The number of nitrogens with zero attached hydrogens (tertiary/aromatic N) is 2. The Kier molecular flexibility index (Phi) is 4.09. The molecule has 0 radical (unpaired) electrons. The second kappa shape index (κ2) is 5.77. The zero-order valence-electron chi connectivity index (χ0n) is 10.2. The van der Waals surface area contributed by atoms with Crippen LogP contribution in [0.15, 0.2) is 36.7 Å². The van der Waals surface area contributed by atoms with Crippen LogP contribution in [0.4, 0.5) is 5.82 Å². The number of aromatic nitrogens is 2. The third-order valence-corrected chi connectivity index (χ3v) is 3.26. The first-order chi connectivity index (χ1) is 8.29. The van der Waals surface area contributed by atoms with Gasteiger partial charge in [0.2, 0.25) is 0 Å². The van der Waals surface area contributed by atoms with Crippen LogP contribution in [-0.2, 0) is 19.3 Å². The number of nitrogens with one attached hydrogen (secondary N) is 1. The molecule has 2 aromatic rings. The zero-order chi connectivity index (χ0) is 12.1. The molecule has 0 aliphatic rings. The highest BCUT2D eigenvalue weighted by atomic mass is 32.2. The molecule has 1 N–H and O–H groups in total. The first kappa shape index (κ1) is 12.0. The third-order valence-electron chi connectivity index (χ3n) is 2.64. The van der Waals surface area contributed by atoms with E-state index < -0.39 is 0 Å².